The van der Waals surface area contributed by atoms with Crippen molar-refractivity contribution >= 4 is 21.5 Å². The summed E-state index contributed by atoms with van der Waals surface area (Å²) in [7, 11) is -3.08. The van der Waals surface area contributed by atoms with Crippen LogP contribution in [0.2, 0.25) is 0 Å². The number of nitrogen functional groups attached to an aromatic ring is 1. The molecule has 0 atom stereocenters. The Morgan fingerprint density at radius 1 is 1.38 bits per heavy atom. The van der Waals surface area contributed by atoms with E-state index in [1.807, 2.05) is 6.07 Å². The molecule has 1 heterocycles. The minimum absolute atomic E-state index is 0.425. The number of pyridine rings is 1. The standard InChI is InChI=1S/C9H16N4O2S/c1-16(14,15)13-6-2-5-11-8-3-4-9(10)12-7-8/h3-4,7,11,13H,2,5-6H2,1H3,(H2,10,12). The van der Waals surface area contributed by atoms with Gasteiger partial charge in [0.15, 0.2) is 0 Å². The predicted molar refractivity (Wildman–Crippen MR) is 64.6 cm³/mol. The molecule has 1 aromatic heterocycles. The van der Waals surface area contributed by atoms with E-state index in [-0.39, 0.29) is 0 Å². The monoisotopic (exact) mass is 244 g/mol. The molecule has 7 heteroatoms. The maximum atomic E-state index is 10.7. The number of sulfonamides is 1. The normalized spacial score (nSPS) is 11.3. The van der Waals surface area contributed by atoms with Crippen LogP contribution >= 0.6 is 0 Å². The lowest BCUT2D eigenvalue weighted by Crippen LogP contribution is -2.24. The molecule has 0 aliphatic carbocycles. The number of rotatable bonds is 6. The number of hydrogen-bond donors (Lipinski definition) is 3. The molecule has 16 heavy (non-hydrogen) atoms. The van der Waals surface area contributed by atoms with Gasteiger partial charge in [0.1, 0.15) is 5.82 Å². The van der Waals surface area contributed by atoms with Crippen LogP contribution in [0.15, 0.2) is 18.3 Å². The zero-order chi connectivity index (χ0) is 12.0. The smallest absolute Gasteiger partial charge is 0.208 e. The molecule has 1 aromatic rings. The SMILES string of the molecule is CS(=O)(=O)NCCCNc1ccc(N)nc1. The van der Waals surface area contributed by atoms with E-state index in [4.69, 9.17) is 5.73 Å². The van der Waals surface area contributed by atoms with Gasteiger partial charge >= 0.3 is 0 Å². The van der Waals surface area contributed by atoms with Crippen molar-refractivity contribution in [3.8, 4) is 0 Å². The molecule has 4 N–H and O–H groups in total. The molecular weight excluding hydrogens is 228 g/mol. The number of nitrogens with one attached hydrogen (secondary N) is 2. The number of nitrogens with two attached hydrogens (primary N) is 1. The third kappa shape index (κ3) is 5.52. The van der Waals surface area contributed by atoms with E-state index in [0.717, 1.165) is 11.9 Å². The predicted octanol–water partition coefficient (Wildman–Crippen LogP) is 0.0150. The summed E-state index contributed by atoms with van der Waals surface area (Å²) in [6, 6.07) is 3.53. The summed E-state index contributed by atoms with van der Waals surface area (Å²) in [5.41, 5.74) is 6.30. The second-order valence-corrected chi connectivity index (χ2v) is 5.25. The Kier molecular flexibility index (Phi) is 4.51. The van der Waals surface area contributed by atoms with E-state index in [0.29, 0.717) is 25.3 Å². The van der Waals surface area contributed by atoms with Crippen molar-refractivity contribution in [2.75, 3.05) is 30.4 Å². The van der Waals surface area contributed by atoms with E-state index in [1.165, 1.54) is 0 Å². The maximum Gasteiger partial charge on any atom is 0.208 e. The molecule has 0 saturated heterocycles. The fourth-order valence-electron chi connectivity index (χ4n) is 1.09. The van der Waals surface area contributed by atoms with Crippen LogP contribution in [0.1, 0.15) is 6.42 Å². The Morgan fingerprint density at radius 2 is 2.12 bits per heavy atom. The topological polar surface area (TPSA) is 97.1 Å². The maximum absolute atomic E-state index is 10.7. The summed E-state index contributed by atoms with van der Waals surface area (Å²) < 4.78 is 23.9. The first-order valence-corrected chi connectivity index (χ1v) is 6.76. The van der Waals surface area contributed by atoms with E-state index < -0.39 is 10.0 Å². The number of anilines is 2. The van der Waals surface area contributed by atoms with Crippen LogP contribution in [-0.4, -0.2) is 32.7 Å². The highest BCUT2D eigenvalue weighted by atomic mass is 32.2. The minimum atomic E-state index is -3.08. The van der Waals surface area contributed by atoms with Crippen molar-refractivity contribution in [2.24, 2.45) is 0 Å². The van der Waals surface area contributed by atoms with Crippen LogP contribution < -0.4 is 15.8 Å². The summed E-state index contributed by atoms with van der Waals surface area (Å²) in [5, 5.41) is 3.11. The lowest BCUT2D eigenvalue weighted by atomic mass is 10.3. The molecule has 0 spiro atoms. The van der Waals surface area contributed by atoms with Crippen LogP contribution in [0, 0.1) is 0 Å². The second kappa shape index (κ2) is 5.66. The molecule has 0 saturated carbocycles. The van der Waals surface area contributed by atoms with Gasteiger partial charge in [0.25, 0.3) is 0 Å². The highest BCUT2D eigenvalue weighted by molar-refractivity contribution is 7.88. The quantitative estimate of drug-likeness (QED) is 0.613. The van der Waals surface area contributed by atoms with Gasteiger partial charge in [-0.1, -0.05) is 0 Å². The summed E-state index contributed by atoms with van der Waals surface area (Å²) in [5.74, 6) is 0.476. The van der Waals surface area contributed by atoms with Crippen molar-refractivity contribution in [3.05, 3.63) is 18.3 Å². The summed E-state index contributed by atoms with van der Waals surface area (Å²) in [6.07, 6.45) is 3.49. The van der Waals surface area contributed by atoms with Gasteiger partial charge < -0.3 is 11.1 Å². The molecule has 0 aliphatic rings. The van der Waals surface area contributed by atoms with Crippen LogP contribution in [0.4, 0.5) is 11.5 Å². The first-order chi connectivity index (χ1) is 7.47. The molecule has 0 unspecified atom stereocenters. The molecule has 0 radical (unpaired) electrons. The molecule has 1 rings (SSSR count). The van der Waals surface area contributed by atoms with Gasteiger partial charge in [-0.05, 0) is 18.6 Å². The summed E-state index contributed by atoms with van der Waals surface area (Å²) >= 11 is 0. The van der Waals surface area contributed by atoms with E-state index in [1.54, 1.807) is 12.3 Å². The van der Waals surface area contributed by atoms with E-state index in [2.05, 4.69) is 15.0 Å². The molecule has 0 bridgehead atoms. The zero-order valence-corrected chi connectivity index (χ0v) is 9.92. The Labute approximate surface area is 95.3 Å². The number of aromatic nitrogens is 1. The van der Waals surface area contributed by atoms with E-state index in [9.17, 15) is 8.42 Å². The second-order valence-electron chi connectivity index (χ2n) is 3.42. The first-order valence-electron chi connectivity index (χ1n) is 4.87. The van der Waals surface area contributed by atoms with Gasteiger partial charge in [0.05, 0.1) is 18.1 Å². The van der Waals surface area contributed by atoms with Gasteiger partial charge in [0.2, 0.25) is 10.0 Å². The fraction of sp³-hybridized carbons (Fsp3) is 0.444. The highest BCUT2D eigenvalue weighted by Crippen LogP contribution is 2.06. The average molecular weight is 244 g/mol. The van der Waals surface area contributed by atoms with Crippen molar-refractivity contribution in [1.82, 2.24) is 9.71 Å². The van der Waals surface area contributed by atoms with Crippen LogP contribution in [0.3, 0.4) is 0 Å². The van der Waals surface area contributed by atoms with Gasteiger partial charge in [-0.2, -0.15) is 0 Å². The summed E-state index contributed by atoms with van der Waals surface area (Å²) in [4.78, 5) is 3.92. The van der Waals surface area contributed by atoms with Crippen LogP contribution in [0.5, 0.6) is 0 Å². The minimum Gasteiger partial charge on any atom is -0.384 e. The lowest BCUT2D eigenvalue weighted by Gasteiger charge is -2.06. The number of nitrogens with zero attached hydrogens (tertiary/aromatic N) is 1. The Balaban J connectivity index is 2.19. The van der Waals surface area contributed by atoms with Gasteiger partial charge in [-0.15, -0.1) is 0 Å². The zero-order valence-electron chi connectivity index (χ0n) is 9.10. The van der Waals surface area contributed by atoms with Crippen molar-refractivity contribution in [2.45, 2.75) is 6.42 Å². The fourth-order valence-corrected chi connectivity index (χ4v) is 1.60. The van der Waals surface area contributed by atoms with Crippen molar-refractivity contribution in [1.29, 1.82) is 0 Å². The third-order valence-electron chi connectivity index (χ3n) is 1.83. The molecule has 0 aliphatic heterocycles. The Morgan fingerprint density at radius 3 is 2.69 bits per heavy atom. The molecule has 6 nitrogen and oxygen atoms in total. The number of hydrogen-bond acceptors (Lipinski definition) is 5. The van der Waals surface area contributed by atoms with Crippen molar-refractivity contribution in [3.63, 3.8) is 0 Å². The van der Waals surface area contributed by atoms with Crippen LogP contribution in [-0.2, 0) is 10.0 Å². The Hall–Kier alpha value is -1.34. The average Bonchev–Trinajstić information content (AvgIpc) is 2.19. The van der Waals surface area contributed by atoms with E-state index >= 15 is 0 Å². The first kappa shape index (κ1) is 12.7. The molecule has 0 amide bonds. The van der Waals surface area contributed by atoms with Gasteiger partial charge in [0, 0.05) is 13.1 Å². The summed E-state index contributed by atoms with van der Waals surface area (Å²) in [6.45, 7) is 1.10. The van der Waals surface area contributed by atoms with Gasteiger partial charge in [-0.25, -0.2) is 18.1 Å². The third-order valence-corrected chi connectivity index (χ3v) is 2.56. The van der Waals surface area contributed by atoms with Crippen LogP contribution in [0.25, 0.3) is 0 Å². The molecule has 0 aromatic carbocycles. The Bertz CT molecular complexity index is 416. The lowest BCUT2D eigenvalue weighted by molar-refractivity contribution is 0.586. The van der Waals surface area contributed by atoms with Gasteiger partial charge in [-0.3, -0.25) is 0 Å². The highest BCUT2D eigenvalue weighted by Gasteiger charge is 1.98. The molecular formula is C9H16N4O2S. The largest absolute Gasteiger partial charge is 0.384 e. The molecule has 90 valence electrons. The van der Waals surface area contributed by atoms with Crippen molar-refractivity contribution < 1.29 is 8.42 Å². The molecule has 0 fully saturated rings.